The van der Waals surface area contributed by atoms with Gasteiger partial charge in [0.2, 0.25) is 17.2 Å². The number of phenolic OH excluding ortho intramolecular Hbond substituents is 5. The number of aromatic hydroxyl groups is 5. The van der Waals surface area contributed by atoms with E-state index in [1.807, 2.05) is 48.5 Å². The van der Waals surface area contributed by atoms with Gasteiger partial charge in [-0.25, -0.2) is 0 Å². The van der Waals surface area contributed by atoms with E-state index in [0.717, 1.165) is 120 Å². The molecule has 0 spiro atoms. The van der Waals surface area contributed by atoms with Gasteiger partial charge in [-0.1, -0.05) is 171 Å². The van der Waals surface area contributed by atoms with Crippen LogP contribution >= 0.6 is 0 Å². The highest BCUT2D eigenvalue weighted by atomic mass is 16.4. The number of allylic oxidation sites excluding steroid dienone is 7. The molecule has 2 atom stereocenters. The van der Waals surface area contributed by atoms with Gasteiger partial charge in [-0.2, -0.15) is 0 Å². The molecule has 0 saturated heterocycles. The summed E-state index contributed by atoms with van der Waals surface area (Å²) in [5.74, 6) is -4.21. The molecule has 9 aromatic carbocycles. The zero-order valence-electron chi connectivity index (χ0n) is 46.6. The fourth-order valence-corrected chi connectivity index (χ4v) is 13.2. The van der Waals surface area contributed by atoms with Crippen molar-refractivity contribution in [3.8, 4) is 67.9 Å². The first-order chi connectivity index (χ1) is 41.1. The molecular formula is C75H61N3O6. The van der Waals surface area contributed by atoms with Gasteiger partial charge >= 0.3 is 0 Å². The van der Waals surface area contributed by atoms with E-state index in [4.69, 9.17) is 4.42 Å². The highest BCUT2D eigenvalue weighted by molar-refractivity contribution is 6.04. The van der Waals surface area contributed by atoms with Gasteiger partial charge in [-0.15, -0.1) is 0 Å². The first kappa shape index (κ1) is 51.7. The first-order valence-corrected chi connectivity index (χ1v) is 28.9. The molecule has 0 amide bonds. The number of hydrogen-bond donors (Lipinski definition) is 5. The fourth-order valence-electron chi connectivity index (χ4n) is 13.2. The highest BCUT2D eigenvalue weighted by Gasteiger charge is 2.38. The summed E-state index contributed by atoms with van der Waals surface area (Å²) in [7, 11) is 0. The lowest BCUT2D eigenvalue weighted by molar-refractivity contribution is 0.329. The molecule has 0 saturated carbocycles. The van der Waals surface area contributed by atoms with Crippen molar-refractivity contribution in [2.24, 2.45) is 5.92 Å². The minimum Gasteiger partial charge on any atom is -0.503 e. The third-order valence-electron chi connectivity index (χ3n) is 17.2. The van der Waals surface area contributed by atoms with E-state index in [1.165, 1.54) is 11.1 Å². The molecule has 14 rings (SSSR count). The zero-order chi connectivity index (χ0) is 57.2. The fraction of sp³-hybridized carbons (Fsp3) is 0.120. The Bertz CT molecular complexity index is 4480. The Morgan fingerprint density at radius 2 is 1.24 bits per heavy atom. The number of hydrogen-bond acceptors (Lipinski definition) is 8. The Morgan fingerprint density at radius 1 is 0.571 bits per heavy atom. The number of rotatable bonds is 12. The molecule has 0 aliphatic heterocycles. The predicted octanol–water partition coefficient (Wildman–Crippen LogP) is 18.8. The summed E-state index contributed by atoms with van der Waals surface area (Å²) in [6, 6.07) is 67.6. The smallest absolute Gasteiger partial charge is 0.208 e. The standard InChI is InChI=1S/C75H61N3O6/c1-3-47-21-13-14-28-58(47)66-46(2)20-19-32-64(66)76(54-38-34-50(35-39-54)48-22-7-4-8-23-48)56-42-52(43-57(44-56)77(69-70(79)72(81)74(83)73(82)71(69)80)55-40-36-51(37-41-55)49-24-9-5-10-25-49)61-45-62-59-29-15-17-31-63(59)78(53-26-11-6-12-27-53)68(62)67-60-30-16-18-33-65(60)84-75(61)67/h4,6-9,11-36,38-44,51,61,79-83H,3,5,10,37,45H2,1-2H3. The van der Waals surface area contributed by atoms with Crippen LogP contribution in [0.15, 0.2) is 246 Å². The van der Waals surface area contributed by atoms with Gasteiger partial charge in [-0.3, -0.25) is 0 Å². The second-order valence-corrected chi connectivity index (χ2v) is 22.1. The number of aromatic nitrogens is 1. The minimum atomic E-state index is -1.04. The average Bonchev–Trinajstić information content (AvgIpc) is 2.77. The minimum absolute atomic E-state index is 0.0545. The van der Waals surface area contributed by atoms with Gasteiger partial charge in [0.25, 0.3) is 0 Å². The molecule has 3 aliphatic carbocycles. The average molecular weight is 1100 g/mol. The topological polar surface area (TPSA) is 126 Å². The van der Waals surface area contributed by atoms with Crippen LogP contribution in [0.3, 0.4) is 0 Å². The van der Waals surface area contributed by atoms with Crippen molar-refractivity contribution < 1.29 is 29.9 Å². The molecule has 0 bridgehead atoms. The quantitative estimate of drug-likeness (QED) is 0.0605. The number of para-hydroxylation sites is 3. The van der Waals surface area contributed by atoms with Gasteiger partial charge in [0.15, 0.2) is 11.5 Å². The zero-order valence-corrected chi connectivity index (χ0v) is 46.6. The number of benzene rings is 9. The normalized spacial score (nSPS) is 15.4. The summed E-state index contributed by atoms with van der Waals surface area (Å²) >= 11 is 0. The van der Waals surface area contributed by atoms with Crippen molar-refractivity contribution in [1.82, 2.24) is 4.57 Å². The molecular weight excluding hydrogens is 1040 g/mol. The van der Waals surface area contributed by atoms with Crippen LogP contribution in [0.5, 0.6) is 28.7 Å². The van der Waals surface area contributed by atoms with Crippen LogP contribution in [0.1, 0.15) is 60.1 Å². The van der Waals surface area contributed by atoms with Crippen LogP contribution in [-0.2, 0) is 12.8 Å². The SMILES string of the molecule is CCc1ccccc1-c1c(C)cccc1N(c1ccc(-c2ccccc2)cc1)c1cc(C2Cc3c(n(-c4ccccc4)c4ccccc34)-c3c2oc2ccccc32)cc(N(C2=CCC(C3=CCCC=C3)C=C2)c2c(O)c(O)c(O)c(O)c2O)c1. The van der Waals surface area contributed by atoms with Crippen molar-refractivity contribution in [3.05, 3.63) is 270 Å². The van der Waals surface area contributed by atoms with Crippen LogP contribution in [0.25, 0.3) is 61.1 Å². The van der Waals surface area contributed by atoms with Gasteiger partial charge in [-0.05, 0) is 150 Å². The van der Waals surface area contributed by atoms with Gasteiger partial charge in [0.1, 0.15) is 17.0 Å². The molecule has 9 nitrogen and oxygen atoms in total. The maximum atomic E-state index is 12.2. The molecule has 2 heterocycles. The molecule has 0 fully saturated rings. The maximum Gasteiger partial charge on any atom is 0.208 e. The van der Waals surface area contributed by atoms with Crippen LogP contribution in [0, 0.1) is 12.8 Å². The second kappa shape index (κ2) is 21.2. The molecule has 2 aromatic heterocycles. The summed E-state index contributed by atoms with van der Waals surface area (Å²) < 4.78 is 9.61. The summed E-state index contributed by atoms with van der Waals surface area (Å²) in [6.07, 6.45) is 16.6. The lowest BCUT2D eigenvalue weighted by Crippen LogP contribution is -2.21. The van der Waals surface area contributed by atoms with E-state index >= 15 is 0 Å². The van der Waals surface area contributed by atoms with Crippen LogP contribution in [0.4, 0.5) is 28.4 Å². The molecule has 2 unspecified atom stereocenters. The van der Waals surface area contributed by atoms with E-state index in [0.29, 0.717) is 24.2 Å². The number of fused-ring (bicyclic) bond motifs is 7. The molecule has 9 heteroatoms. The number of anilines is 5. The number of nitrogens with zero attached hydrogens (tertiary/aromatic N) is 3. The Labute approximate surface area is 487 Å². The summed E-state index contributed by atoms with van der Waals surface area (Å²) in [4.78, 5) is 3.97. The van der Waals surface area contributed by atoms with E-state index in [-0.39, 0.29) is 11.6 Å². The van der Waals surface area contributed by atoms with Crippen molar-refractivity contribution in [1.29, 1.82) is 0 Å². The van der Waals surface area contributed by atoms with Crippen LogP contribution in [-0.4, -0.2) is 30.1 Å². The molecule has 412 valence electrons. The summed E-state index contributed by atoms with van der Waals surface area (Å²) in [6.45, 7) is 4.34. The molecule has 11 aromatic rings. The monoisotopic (exact) mass is 1100 g/mol. The van der Waals surface area contributed by atoms with E-state index in [1.54, 1.807) is 4.90 Å². The predicted molar refractivity (Wildman–Crippen MR) is 339 cm³/mol. The Balaban J connectivity index is 1.08. The lowest BCUT2D eigenvalue weighted by Gasteiger charge is -2.34. The first-order valence-electron chi connectivity index (χ1n) is 28.9. The van der Waals surface area contributed by atoms with Crippen molar-refractivity contribution in [2.75, 3.05) is 9.80 Å². The van der Waals surface area contributed by atoms with E-state index in [2.05, 4.69) is 205 Å². The van der Waals surface area contributed by atoms with Crippen LogP contribution in [0.2, 0.25) is 0 Å². The molecule has 5 N–H and O–H groups in total. The lowest BCUT2D eigenvalue weighted by atomic mass is 9.80. The van der Waals surface area contributed by atoms with Gasteiger partial charge in [0, 0.05) is 62.2 Å². The van der Waals surface area contributed by atoms with Gasteiger partial charge < -0.3 is 44.3 Å². The van der Waals surface area contributed by atoms with Crippen molar-refractivity contribution in [3.63, 3.8) is 0 Å². The summed E-state index contributed by atoms with van der Waals surface area (Å²) in [5.41, 5.74) is 17.9. The molecule has 84 heavy (non-hydrogen) atoms. The largest absolute Gasteiger partial charge is 0.503 e. The number of furan rings is 1. The van der Waals surface area contributed by atoms with E-state index < -0.39 is 34.7 Å². The summed E-state index contributed by atoms with van der Waals surface area (Å²) in [5, 5.41) is 60.5. The van der Waals surface area contributed by atoms with Gasteiger partial charge in [0.05, 0.1) is 16.9 Å². The third kappa shape index (κ3) is 8.70. The number of aryl methyl sites for hydroxylation is 2. The molecule has 0 radical (unpaired) electrons. The Kier molecular flexibility index (Phi) is 13.0. The Hall–Kier alpha value is -10.4. The Morgan fingerprint density at radius 3 is 1.96 bits per heavy atom. The molecule has 3 aliphatic rings. The van der Waals surface area contributed by atoms with Crippen molar-refractivity contribution in [2.45, 2.75) is 51.9 Å². The van der Waals surface area contributed by atoms with Crippen molar-refractivity contribution >= 4 is 50.3 Å². The van der Waals surface area contributed by atoms with Crippen LogP contribution < -0.4 is 9.80 Å². The number of phenols is 5. The van der Waals surface area contributed by atoms with E-state index in [9.17, 15) is 25.5 Å². The second-order valence-electron chi connectivity index (χ2n) is 22.1. The maximum absolute atomic E-state index is 12.2. The highest BCUT2D eigenvalue weighted by Crippen LogP contribution is 2.59. The third-order valence-corrected chi connectivity index (χ3v) is 17.2.